The van der Waals surface area contributed by atoms with Crippen LogP contribution in [0.15, 0.2) is 0 Å². The topological polar surface area (TPSA) is 43.8 Å². The van der Waals surface area contributed by atoms with Gasteiger partial charge in [0, 0.05) is 0 Å². The zero-order valence-electron chi connectivity index (χ0n) is 9.61. The van der Waals surface area contributed by atoms with Crippen molar-refractivity contribution in [1.82, 2.24) is 9.80 Å². The summed E-state index contributed by atoms with van der Waals surface area (Å²) < 4.78 is 0. The zero-order valence-corrected chi connectivity index (χ0v) is 9.61. The van der Waals surface area contributed by atoms with Gasteiger partial charge in [-0.25, -0.2) is 0 Å². The second-order valence-electron chi connectivity index (χ2n) is 4.16. The molecule has 1 rings (SSSR count). The van der Waals surface area contributed by atoms with Gasteiger partial charge in [0.2, 0.25) is 0 Å². The summed E-state index contributed by atoms with van der Waals surface area (Å²) in [4.78, 5) is 15.0. The molecule has 15 heavy (non-hydrogen) atoms. The van der Waals surface area contributed by atoms with Gasteiger partial charge < -0.3 is 10.0 Å². The first-order valence-electron chi connectivity index (χ1n) is 5.89. The summed E-state index contributed by atoms with van der Waals surface area (Å²) >= 11 is 0. The number of hydrogen-bond acceptors (Lipinski definition) is 3. The van der Waals surface area contributed by atoms with Gasteiger partial charge in [0.25, 0.3) is 0 Å². The third-order valence-electron chi connectivity index (χ3n) is 2.95. The molecule has 1 fully saturated rings. The molecule has 4 heteroatoms. The molecule has 88 valence electrons. The van der Waals surface area contributed by atoms with E-state index in [-0.39, 0.29) is 6.54 Å². The Hall–Kier alpha value is -0.610. The lowest BCUT2D eigenvalue weighted by molar-refractivity contribution is -0.138. The molecule has 0 unspecified atom stereocenters. The number of aliphatic carboxylic acids is 1. The molecule has 0 saturated carbocycles. The number of carboxylic acid groups (broad SMARTS) is 1. The summed E-state index contributed by atoms with van der Waals surface area (Å²) in [5.41, 5.74) is 0. The minimum Gasteiger partial charge on any atom is -0.480 e. The van der Waals surface area contributed by atoms with Gasteiger partial charge in [-0.1, -0.05) is 6.92 Å². The van der Waals surface area contributed by atoms with E-state index in [1.165, 1.54) is 25.9 Å². The Morgan fingerprint density at radius 1 is 1.40 bits per heavy atom. The minimum absolute atomic E-state index is 0.177. The van der Waals surface area contributed by atoms with Crippen LogP contribution in [0.5, 0.6) is 0 Å². The summed E-state index contributed by atoms with van der Waals surface area (Å²) in [6, 6.07) is 0. The van der Waals surface area contributed by atoms with E-state index in [0.717, 1.165) is 26.1 Å². The first-order valence-corrected chi connectivity index (χ1v) is 5.89. The fourth-order valence-corrected chi connectivity index (χ4v) is 2.06. The second kappa shape index (κ2) is 6.80. The highest BCUT2D eigenvalue weighted by molar-refractivity contribution is 5.69. The summed E-state index contributed by atoms with van der Waals surface area (Å²) in [5.74, 6) is -0.724. The fourth-order valence-electron chi connectivity index (χ4n) is 2.06. The van der Waals surface area contributed by atoms with E-state index in [1.807, 2.05) is 11.8 Å². The van der Waals surface area contributed by atoms with Crippen molar-refractivity contribution in [3.05, 3.63) is 0 Å². The van der Waals surface area contributed by atoms with Crippen molar-refractivity contribution in [3.63, 3.8) is 0 Å². The maximum atomic E-state index is 10.5. The van der Waals surface area contributed by atoms with Gasteiger partial charge in [0.1, 0.15) is 0 Å². The van der Waals surface area contributed by atoms with E-state index < -0.39 is 5.97 Å². The maximum absolute atomic E-state index is 10.5. The summed E-state index contributed by atoms with van der Waals surface area (Å²) in [7, 11) is 0. The number of rotatable bonds is 7. The summed E-state index contributed by atoms with van der Waals surface area (Å²) in [6.07, 6.45) is 3.74. The third-order valence-corrected chi connectivity index (χ3v) is 2.95. The molecule has 0 atom stereocenters. The van der Waals surface area contributed by atoms with Gasteiger partial charge in [0.15, 0.2) is 0 Å². The van der Waals surface area contributed by atoms with Crippen LogP contribution in [0.3, 0.4) is 0 Å². The largest absolute Gasteiger partial charge is 0.480 e. The molecule has 1 heterocycles. The lowest BCUT2D eigenvalue weighted by Crippen LogP contribution is -2.32. The van der Waals surface area contributed by atoms with Gasteiger partial charge in [-0.05, 0) is 52.0 Å². The van der Waals surface area contributed by atoms with Crippen LogP contribution in [0.4, 0.5) is 0 Å². The highest BCUT2D eigenvalue weighted by atomic mass is 16.4. The summed E-state index contributed by atoms with van der Waals surface area (Å²) in [6.45, 7) is 7.49. The van der Waals surface area contributed by atoms with E-state index in [9.17, 15) is 4.79 Å². The molecule has 0 bridgehead atoms. The Morgan fingerprint density at radius 3 is 2.60 bits per heavy atom. The molecule has 1 N–H and O–H groups in total. The number of likely N-dealkylation sites (N-methyl/N-ethyl adjacent to an activating group) is 1. The normalized spacial score (nSPS) is 17.5. The lowest BCUT2D eigenvalue weighted by Gasteiger charge is -2.20. The Bertz CT molecular complexity index is 191. The number of hydrogen-bond donors (Lipinski definition) is 1. The molecule has 4 nitrogen and oxygen atoms in total. The predicted molar refractivity (Wildman–Crippen MR) is 60.0 cm³/mol. The molecule has 1 saturated heterocycles. The Morgan fingerprint density at radius 2 is 2.07 bits per heavy atom. The Labute approximate surface area is 91.9 Å². The molecule has 0 aromatic heterocycles. The van der Waals surface area contributed by atoms with Crippen LogP contribution in [0, 0.1) is 0 Å². The quantitative estimate of drug-likeness (QED) is 0.683. The average Bonchev–Trinajstić information content (AvgIpc) is 2.68. The van der Waals surface area contributed by atoms with E-state index in [2.05, 4.69) is 4.90 Å². The van der Waals surface area contributed by atoms with Crippen molar-refractivity contribution in [2.75, 3.05) is 39.3 Å². The Balaban J connectivity index is 2.07. The number of carboxylic acids is 1. The molecule has 0 aromatic rings. The van der Waals surface area contributed by atoms with Crippen LogP contribution in [0.2, 0.25) is 0 Å². The second-order valence-corrected chi connectivity index (χ2v) is 4.16. The van der Waals surface area contributed by atoms with E-state index in [1.54, 1.807) is 0 Å². The molecule has 0 spiro atoms. The van der Waals surface area contributed by atoms with Gasteiger partial charge in [-0.15, -0.1) is 0 Å². The van der Waals surface area contributed by atoms with Crippen LogP contribution < -0.4 is 0 Å². The zero-order chi connectivity index (χ0) is 11.1. The van der Waals surface area contributed by atoms with Gasteiger partial charge in [0.05, 0.1) is 6.54 Å². The van der Waals surface area contributed by atoms with E-state index in [4.69, 9.17) is 5.11 Å². The van der Waals surface area contributed by atoms with Crippen LogP contribution in [-0.2, 0) is 4.79 Å². The lowest BCUT2D eigenvalue weighted by atomic mass is 10.3. The Kier molecular flexibility index (Phi) is 5.65. The first-order chi connectivity index (χ1) is 7.22. The van der Waals surface area contributed by atoms with Gasteiger partial charge in [-0.2, -0.15) is 0 Å². The minimum atomic E-state index is -0.724. The predicted octanol–water partition coefficient (Wildman–Crippen LogP) is 0.879. The van der Waals surface area contributed by atoms with E-state index >= 15 is 0 Å². The van der Waals surface area contributed by atoms with Crippen LogP contribution in [-0.4, -0.2) is 60.1 Å². The molecular weight excluding hydrogens is 192 g/mol. The van der Waals surface area contributed by atoms with Crippen LogP contribution in [0.1, 0.15) is 26.2 Å². The SMILES string of the molecule is CCN(CCCN1CCCC1)CC(=O)O. The van der Waals surface area contributed by atoms with Crippen LogP contribution in [0.25, 0.3) is 0 Å². The van der Waals surface area contributed by atoms with Crippen molar-refractivity contribution in [2.45, 2.75) is 26.2 Å². The van der Waals surface area contributed by atoms with Gasteiger partial charge >= 0.3 is 5.97 Å². The average molecular weight is 214 g/mol. The van der Waals surface area contributed by atoms with Crippen molar-refractivity contribution in [3.8, 4) is 0 Å². The fraction of sp³-hybridized carbons (Fsp3) is 0.909. The monoisotopic (exact) mass is 214 g/mol. The number of likely N-dealkylation sites (tertiary alicyclic amines) is 1. The van der Waals surface area contributed by atoms with E-state index in [0.29, 0.717) is 0 Å². The van der Waals surface area contributed by atoms with Crippen molar-refractivity contribution >= 4 is 5.97 Å². The maximum Gasteiger partial charge on any atom is 0.317 e. The highest BCUT2D eigenvalue weighted by Gasteiger charge is 2.12. The number of carbonyl (C=O) groups is 1. The van der Waals surface area contributed by atoms with Crippen molar-refractivity contribution in [1.29, 1.82) is 0 Å². The number of nitrogens with zero attached hydrogens (tertiary/aromatic N) is 2. The standard InChI is InChI=1S/C11H22N2O2/c1-2-12(10-11(14)15)8-5-9-13-6-3-4-7-13/h2-10H2,1H3,(H,14,15). The molecule has 1 aliphatic heterocycles. The van der Waals surface area contributed by atoms with Crippen molar-refractivity contribution < 1.29 is 9.90 Å². The van der Waals surface area contributed by atoms with Crippen LogP contribution >= 0.6 is 0 Å². The van der Waals surface area contributed by atoms with Gasteiger partial charge in [-0.3, -0.25) is 9.69 Å². The third kappa shape index (κ3) is 5.14. The molecule has 0 aliphatic carbocycles. The highest BCUT2D eigenvalue weighted by Crippen LogP contribution is 2.07. The first kappa shape index (κ1) is 12.5. The molecule has 0 radical (unpaired) electrons. The molecule has 0 amide bonds. The molecule has 1 aliphatic rings. The molecular formula is C11H22N2O2. The summed E-state index contributed by atoms with van der Waals surface area (Å²) in [5, 5.41) is 8.67. The molecule has 0 aromatic carbocycles. The van der Waals surface area contributed by atoms with Crippen molar-refractivity contribution in [2.24, 2.45) is 0 Å². The smallest absolute Gasteiger partial charge is 0.317 e.